The SMILES string of the molecule is C=C(F)c1ccc(C(O)C(NC(=O)C(C)CC(=O)N(CCN)CCN)C(=O)NCc2cc(C)oc2C(=C)F)cc1. The van der Waals surface area contributed by atoms with Crippen molar-refractivity contribution in [2.24, 2.45) is 17.4 Å². The van der Waals surface area contributed by atoms with E-state index >= 15 is 0 Å². The third-order valence-corrected chi connectivity index (χ3v) is 6.17. The number of nitrogens with one attached hydrogen (secondary N) is 2. The molecule has 0 aliphatic heterocycles. The van der Waals surface area contributed by atoms with Crippen LogP contribution >= 0.6 is 0 Å². The summed E-state index contributed by atoms with van der Waals surface area (Å²) in [4.78, 5) is 40.4. The summed E-state index contributed by atoms with van der Waals surface area (Å²) in [6, 6.07) is 5.54. The average Bonchev–Trinajstić information content (AvgIpc) is 3.30. The summed E-state index contributed by atoms with van der Waals surface area (Å²) in [5.41, 5.74) is 11.8. The van der Waals surface area contributed by atoms with Gasteiger partial charge in [0.2, 0.25) is 17.7 Å². The van der Waals surface area contributed by atoms with Gasteiger partial charge in [0, 0.05) is 56.2 Å². The summed E-state index contributed by atoms with van der Waals surface area (Å²) < 4.78 is 32.5. The third kappa shape index (κ3) is 8.83. The Morgan fingerprint density at radius 1 is 1.05 bits per heavy atom. The lowest BCUT2D eigenvalue weighted by Gasteiger charge is -2.26. The number of amides is 3. The number of halogens is 2. The molecule has 40 heavy (non-hydrogen) atoms. The molecule has 12 heteroatoms. The van der Waals surface area contributed by atoms with Crippen molar-refractivity contribution in [3.05, 3.63) is 71.7 Å². The quantitative estimate of drug-likeness (QED) is 0.222. The van der Waals surface area contributed by atoms with E-state index in [0.717, 1.165) is 0 Å². The standard InChI is InChI=1S/C28H37F2N5O5/c1-16(13-23(36)35(11-9-31)12-10-32)27(38)34-24(25(37)21-7-5-20(6-8-21)18(3)29)28(39)33-15-22-14-17(2)40-26(22)19(4)30/h5-8,14,16,24-25,37H,3-4,9-13,15,31-32H2,1-2H3,(H,33,39)(H,34,38). The van der Waals surface area contributed by atoms with Crippen molar-refractivity contribution < 1.29 is 32.7 Å². The zero-order valence-electron chi connectivity index (χ0n) is 22.7. The van der Waals surface area contributed by atoms with Crippen LogP contribution in [0.3, 0.4) is 0 Å². The molecule has 1 aromatic heterocycles. The fourth-order valence-corrected chi connectivity index (χ4v) is 4.01. The van der Waals surface area contributed by atoms with E-state index in [2.05, 4.69) is 23.8 Å². The maximum absolute atomic E-state index is 13.8. The van der Waals surface area contributed by atoms with Crippen LogP contribution in [0.4, 0.5) is 8.78 Å². The van der Waals surface area contributed by atoms with Gasteiger partial charge in [-0.25, -0.2) is 8.78 Å². The molecular weight excluding hydrogens is 524 g/mol. The molecule has 0 spiro atoms. The minimum absolute atomic E-state index is 0.132. The maximum atomic E-state index is 13.8. The molecule has 0 aliphatic rings. The molecule has 3 amide bonds. The Bertz CT molecular complexity index is 1210. The van der Waals surface area contributed by atoms with Crippen LogP contribution < -0.4 is 22.1 Å². The molecule has 0 fully saturated rings. The Morgan fingerprint density at radius 2 is 1.65 bits per heavy atom. The van der Waals surface area contributed by atoms with Crippen molar-refractivity contribution >= 4 is 29.4 Å². The number of carbonyl (C=O) groups excluding carboxylic acids is 3. The first-order chi connectivity index (χ1) is 18.9. The lowest BCUT2D eigenvalue weighted by Crippen LogP contribution is -2.51. The Hall–Kier alpha value is -3.87. The number of carbonyl (C=O) groups is 3. The molecule has 218 valence electrons. The van der Waals surface area contributed by atoms with Gasteiger partial charge in [-0.2, -0.15) is 0 Å². The number of hydrogen-bond acceptors (Lipinski definition) is 7. The lowest BCUT2D eigenvalue weighted by molar-refractivity contribution is -0.137. The van der Waals surface area contributed by atoms with E-state index in [-0.39, 0.29) is 61.9 Å². The van der Waals surface area contributed by atoms with E-state index in [4.69, 9.17) is 15.9 Å². The number of benzene rings is 1. The summed E-state index contributed by atoms with van der Waals surface area (Å²) in [6.45, 7) is 10.4. The number of hydrogen-bond donors (Lipinski definition) is 5. The molecule has 1 aromatic carbocycles. The van der Waals surface area contributed by atoms with Crippen molar-refractivity contribution in [3.63, 3.8) is 0 Å². The highest BCUT2D eigenvalue weighted by Crippen LogP contribution is 2.24. The van der Waals surface area contributed by atoms with Gasteiger partial charge in [0.25, 0.3) is 0 Å². The van der Waals surface area contributed by atoms with Crippen LogP contribution in [0.15, 0.2) is 47.9 Å². The maximum Gasteiger partial charge on any atom is 0.245 e. The number of rotatable bonds is 15. The van der Waals surface area contributed by atoms with E-state index in [9.17, 15) is 28.3 Å². The predicted molar refractivity (Wildman–Crippen MR) is 147 cm³/mol. The minimum Gasteiger partial charge on any atom is -0.459 e. The molecule has 3 atom stereocenters. The molecule has 0 aliphatic carbocycles. The first kappa shape index (κ1) is 32.3. The molecular formula is C28H37F2N5O5. The Kier molecular flexibility index (Phi) is 12.2. The van der Waals surface area contributed by atoms with Crippen molar-refractivity contribution in [1.82, 2.24) is 15.5 Å². The summed E-state index contributed by atoms with van der Waals surface area (Å²) in [5, 5.41) is 16.2. The van der Waals surface area contributed by atoms with Crippen LogP contribution in [0.1, 0.15) is 47.7 Å². The predicted octanol–water partition coefficient (Wildman–Crippen LogP) is 2.08. The van der Waals surface area contributed by atoms with Crippen LogP contribution in [0.5, 0.6) is 0 Å². The van der Waals surface area contributed by atoms with E-state index < -0.39 is 41.5 Å². The number of aliphatic hydroxyl groups excluding tert-OH is 1. The molecule has 0 bridgehead atoms. The van der Waals surface area contributed by atoms with Crippen LogP contribution in [0.2, 0.25) is 0 Å². The Labute approximate surface area is 232 Å². The van der Waals surface area contributed by atoms with E-state index in [1.54, 1.807) is 6.92 Å². The summed E-state index contributed by atoms with van der Waals surface area (Å²) in [7, 11) is 0. The highest BCUT2D eigenvalue weighted by Gasteiger charge is 2.32. The smallest absolute Gasteiger partial charge is 0.245 e. The van der Waals surface area contributed by atoms with Crippen LogP contribution in [0.25, 0.3) is 11.7 Å². The molecule has 10 nitrogen and oxygen atoms in total. The van der Waals surface area contributed by atoms with E-state index in [0.29, 0.717) is 11.3 Å². The topological polar surface area (TPSA) is 164 Å². The normalized spacial score (nSPS) is 13.2. The highest BCUT2D eigenvalue weighted by atomic mass is 19.1. The third-order valence-electron chi connectivity index (χ3n) is 6.17. The lowest BCUT2D eigenvalue weighted by atomic mass is 9.98. The second-order valence-corrected chi connectivity index (χ2v) is 9.36. The molecule has 2 aromatic rings. The highest BCUT2D eigenvalue weighted by molar-refractivity contribution is 5.91. The summed E-state index contributed by atoms with van der Waals surface area (Å²) in [6.07, 6.45) is -1.73. The molecule has 2 rings (SSSR count). The fourth-order valence-electron chi connectivity index (χ4n) is 4.01. The number of furan rings is 1. The second kappa shape index (κ2) is 15.1. The van der Waals surface area contributed by atoms with E-state index in [1.165, 1.54) is 42.2 Å². The number of nitrogens with zero attached hydrogens (tertiary/aromatic N) is 1. The minimum atomic E-state index is -1.55. The van der Waals surface area contributed by atoms with Gasteiger partial charge in [-0.3, -0.25) is 14.4 Å². The zero-order valence-corrected chi connectivity index (χ0v) is 22.7. The van der Waals surface area contributed by atoms with Crippen LogP contribution in [0, 0.1) is 12.8 Å². The van der Waals surface area contributed by atoms with Crippen molar-refractivity contribution in [2.75, 3.05) is 26.2 Å². The van der Waals surface area contributed by atoms with Crippen LogP contribution in [-0.2, 0) is 20.9 Å². The van der Waals surface area contributed by atoms with Crippen molar-refractivity contribution in [3.8, 4) is 0 Å². The van der Waals surface area contributed by atoms with Gasteiger partial charge in [0.15, 0.2) is 11.6 Å². The monoisotopic (exact) mass is 561 g/mol. The average molecular weight is 562 g/mol. The molecule has 0 saturated heterocycles. The number of aryl methyl sites for hydroxylation is 1. The van der Waals surface area contributed by atoms with Crippen molar-refractivity contribution in [2.45, 2.75) is 39.0 Å². The fraction of sp³-hybridized carbons (Fsp3) is 0.393. The van der Waals surface area contributed by atoms with Gasteiger partial charge in [0.1, 0.15) is 23.7 Å². The van der Waals surface area contributed by atoms with Gasteiger partial charge >= 0.3 is 0 Å². The Balaban J connectivity index is 2.25. The molecule has 1 heterocycles. The first-order valence-electron chi connectivity index (χ1n) is 12.7. The molecule has 0 radical (unpaired) electrons. The zero-order chi connectivity index (χ0) is 30.0. The largest absolute Gasteiger partial charge is 0.459 e. The van der Waals surface area contributed by atoms with Crippen LogP contribution in [-0.4, -0.2) is 59.9 Å². The van der Waals surface area contributed by atoms with Gasteiger partial charge in [-0.15, -0.1) is 0 Å². The number of aliphatic hydroxyl groups is 1. The van der Waals surface area contributed by atoms with Gasteiger partial charge in [-0.05, 0) is 18.6 Å². The van der Waals surface area contributed by atoms with Crippen molar-refractivity contribution in [1.29, 1.82) is 0 Å². The van der Waals surface area contributed by atoms with E-state index in [1.807, 2.05) is 0 Å². The molecule has 7 N–H and O–H groups in total. The van der Waals surface area contributed by atoms with Gasteiger partial charge < -0.3 is 36.5 Å². The first-order valence-corrected chi connectivity index (χ1v) is 12.7. The second-order valence-electron chi connectivity index (χ2n) is 9.36. The van der Waals surface area contributed by atoms with Gasteiger partial charge in [0.05, 0.1) is 0 Å². The summed E-state index contributed by atoms with van der Waals surface area (Å²) >= 11 is 0. The number of nitrogens with two attached hydrogens (primary N) is 2. The summed E-state index contributed by atoms with van der Waals surface area (Å²) in [5.74, 6) is -3.91. The molecule has 3 unspecified atom stereocenters. The Morgan fingerprint density at radius 3 is 2.17 bits per heavy atom. The van der Waals surface area contributed by atoms with Gasteiger partial charge in [-0.1, -0.05) is 44.3 Å². The molecule has 0 saturated carbocycles.